The van der Waals surface area contributed by atoms with Crippen molar-refractivity contribution >= 4 is 5.78 Å². The zero-order chi connectivity index (χ0) is 19.2. The summed E-state index contributed by atoms with van der Waals surface area (Å²) < 4.78 is 5.60. The van der Waals surface area contributed by atoms with Gasteiger partial charge in [-0.1, -0.05) is 50.3 Å². The lowest BCUT2D eigenvalue weighted by Crippen LogP contribution is -2.46. The Morgan fingerprint density at radius 3 is 2.67 bits per heavy atom. The Balaban J connectivity index is 1.98. The van der Waals surface area contributed by atoms with Gasteiger partial charge in [0.15, 0.2) is 11.6 Å². The molecule has 5 heteroatoms. The summed E-state index contributed by atoms with van der Waals surface area (Å²) in [5.74, 6) is 1.06. The van der Waals surface area contributed by atoms with Gasteiger partial charge in [0, 0.05) is 22.5 Å². The van der Waals surface area contributed by atoms with Crippen LogP contribution in [0.2, 0.25) is 0 Å². The lowest BCUT2D eigenvalue weighted by Gasteiger charge is -2.45. The van der Waals surface area contributed by atoms with Crippen molar-refractivity contribution in [2.24, 2.45) is 11.8 Å². The molecule has 0 amide bonds. The molecule has 2 aromatic rings. The number of benzene rings is 1. The normalized spacial score (nSPS) is 26.4. The van der Waals surface area contributed by atoms with Crippen molar-refractivity contribution in [1.82, 2.24) is 9.97 Å². The molecule has 0 saturated carbocycles. The van der Waals surface area contributed by atoms with Crippen LogP contribution < -0.4 is 4.74 Å². The average Bonchev–Trinajstić information content (AvgIpc) is 2.70. The molecule has 0 fully saturated rings. The molecular formula is C22H21N3O2. The van der Waals surface area contributed by atoms with Crippen LogP contribution in [-0.2, 0) is 16.6 Å². The number of allylic oxidation sites excluding steroid dienone is 2. The zero-order valence-corrected chi connectivity index (χ0v) is 15.7. The Morgan fingerprint density at radius 1 is 1.26 bits per heavy atom. The van der Waals surface area contributed by atoms with Crippen molar-refractivity contribution in [2.45, 2.75) is 32.1 Å². The maximum Gasteiger partial charge on any atom is 0.226 e. The molecule has 1 heterocycles. The van der Waals surface area contributed by atoms with Crippen molar-refractivity contribution in [1.29, 1.82) is 0 Å². The summed E-state index contributed by atoms with van der Waals surface area (Å²) in [5, 5.41) is 0. The molecule has 1 aromatic heterocycles. The summed E-state index contributed by atoms with van der Waals surface area (Å²) in [6, 6.07) is 9.80. The van der Waals surface area contributed by atoms with E-state index in [2.05, 4.69) is 16.8 Å². The summed E-state index contributed by atoms with van der Waals surface area (Å²) >= 11 is 0. The van der Waals surface area contributed by atoms with Gasteiger partial charge in [-0.15, -0.1) is 0 Å². The molecule has 27 heavy (non-hydrogen) atoms. The summed E-state index contributed by atoms with van der Waals surface area (Å²) in [6.07, 6.45) is 3.45. The van der Waals surface area contributed by atoms with Gasteiger partial charge < -0.3 is 9.53 Å². The monoisotopic (exact) mass is 359 g/mol. The molecule has 136 valence electrons. The van der Waals surface area contributed by atoms with E-state index in [0.29, 0.717) is 11.7 Å². The minimum absolute atomic E-state index is 0.0553. The minimum Gasteiger partial charge on any atom is -0.481 e. The van der Waals surface area contributed by atoms with Crippen LogP contribution in [0.25, 0.3) is 16.2 Å². The first kappa shape index (κ1) is 17.4. The van der Waals surface area contributed by atoms with E-state index >= 15 is 0 Å². The molecule has 0 saturated heterocycles. The Morgan fingerprint density at radius 2 is 2.00 bits per heavy atom. The van der Waals surface area contributed by atoms with Gasteiger partial charge in [0.2, 0.25) is 11.6 Å². The molecule has 0 unspecified atom stereocenters. The van der Waals surface area contributed by atoms with Gasteiger partial charge in [-0.2, -0.15) is 4.98 Å². The third kappa shape index (κ3) is 2.56. The predicted octanol–water partition coefficient (Wildman–Crippen LogP) is 3.99. The van der Waals surface area contributed by atoms with Gasteiger partial charge in [-0.3, -0.25) is 0 Å². The van der Waals surface area contributed by atoms with E-state index < -0.39 is 5.41 Å². The van der Waals surface area contributed by atoms with Gasteiger partial charge in [0.05, 0.1) is 19.4 Å². The molecule has 0 spiro atoms. The highest BCUT2D eigenvalue weighted by molar-refractivity contribution is 6.00. The molecule has 3 atom stereocenters. The highest BCUT2D eigenvalue weighted by atomic mass is 16.5. The Bertz CT molecular complexity index is 991. The second-order valence-corrected chi connectivity index (χ2v) is 7.47. The molecule has 2 aliphatic rings. The number of ketones is 1. The number of carbonyl (C=O) groups is 1. The third-order valence-corrected chi connectivity index (χ3v) is 6.01. The third-order valence-electron chi connectivity index (χ3n) is 6.01. The first-order chi connectivity index (χ1) is 13.0. The van der Waals surface area contributed by atoms with Gasteiger partial charge in [-0.25, -0.2) is 9.83 Å². The second-order valence-electron chi connectivity index (χ2n) is 7.47. The number of hydrogen-bond donors (Lipinski definition) is 0. The summed E-state index contributed by atoms with van der Waals surface area (Å²) in [5.41, 5.74) is 2.51. The van der Waals surface area contributed by atoms with Crippen LogP contribution in [0, 0.1) is 18.4 Å². The average molecular weight is 359 g/mol. The summed E-state index contributed by atoms with van der Waals surface area (Å²) in [7, 11) is 1.62. The molecule has 5 nitrogen and oxygen atoms in total. The quantitative estimate of drug-likeness (QED) is 0.761. The predicted molar refractivity (Wildman–Crippen MR) is 102 cm³/mol. The largest absolute Gasteiger partial charge is 0.481 e. The van der Waals surface area contributed by atoms with Crippen molar-refractivity contribution < 1.29 is 9.53 Å². The number of fused-ring (bicyclic) bond motifs is 3. The van der Waals surface area contributed by atoms with Crippen molar-refractivity contribution in [2.75, 3.05) is 7.11 Å². The van der Waals surface area contributed by atoms with Crippen LogP contribution in [0.15, 0.2) is 42.1 Å². The lowest BCUT2D eigenvalue weighted by molar-refractivity contribution is -0.121. The molecule has 0 N–H and O–H groups in total. The number of ether oxygens (including phenoxy) is 1. The fourth-order valence-corrected chi connectivity index (χ4v) is 4.60. The molecule has 4 rings (SSSR count). The zero-order valence-electron chi connectivity index (χ0n) is 15.7. The van der Waals surface area contributed by atoms with E-state index in [1.165, 1.54) is 0 Å². The van der Waals surface area contributed by atoms with Crippen LogP contribution in [0.3, 0.4) is 0 Å². The Hall–Kier alpha value is -3.00. The molecule has 1 aromatic carbocycles. The van der Waals surface area contributed by atoms with E-state index in [4.69, 9.17) is 16.3 Å². The van der Waals surface area contributed by atoms with Crippen LogP contribution in [0.4, 0.5) is 0 Å². The number of carbonyl (C=O) groups excluding carboxylic acids is 1. The molecule has 0 aliphatic heterocycles. The van der Waals surface area contributed by atoms with Gasteiger partial charge >= 0.3 is 0 Å². The van der Waals surface area contributed by atoms with Crippen molar-refractivity contribution in [3.8, 4) is 17.3 Å². The smallest absolute Gasteiger partial charge is 0.226 e. The van der Waals surface area contributed by atoms with Crippen LogP contribution >= 0.6 is 0 Å². The molecule has 2 aliphatic carbocycles. The molecule has 0 radical (unpaired) electrons. The van der Waals surface area contributed by atoms with E-state index in [-0.39, 0.29) is 23.3 Å². The summed E-state index contributed by atoms with van der Waals surface area (Å²) in [4.78, 5) is 25.6. The van der Waals surface area contributed by atoms with Gasteiger partial charge in [-0.05, 0) is 18.8 Å². The lowest BCUT2D eigenvalue weighted by atomic mass is 9.58. The second kappa shape index (κ2) is 6.31. The number of aromatic nitrogens is 2. The highest BCUT2D eigenvalue weighted by Crippen LogP contribution is 2.51. The highest BCUT2D eigenvalue weighted by Gasteiger charge is 2.49. The first-order valence-electron chi connectivity index (χ1n) is 9.15. The van der Waals surface area contributed by atoms with Gasteiger partial charge in [0.1, 0.15) is 0 Å². The topological polar surface area (TPSA) is 56.4 Å². The van der Waals surface area contributed by atoms with E-state index in [1.54, 1.807) is 7.11 Å². The van der Waals surface area contributed by atoms with Crippen molar-refractivity contribution in [3.05, 3.63) is 64.8 Å². The summed E-state index contributed by atoms with van der Waals surface area (Å²) in [6.45, 7) is 11.5. The number of rotatable bonds is 2. The Kier molecular flexibility index (Phi) is 4.07. The van der Waals surface area contributed by atoms with Crippen LogP contribution in [0.1, 0.15) is 31.5 Å². The van der Waals surface area contributed by atoms with E-state index in [0.717, 1.165) is 29.7 Å². The molecular weight excluding hydrogens is 338 g/mol. The minimum atomic E-state index is -0.486. The Labute approximate surface area is 158 Å². The van der Waals surface area contributed by atoms with E-state index in [1.807, 2.05) is 43.3 Å². The van der Waals surface area contributed by atoms with Crippen LogP contribution in [0.5, 0.6) is 5.88 Å². The fourth-order valence-electron chi connectivity index (χ4n) is 4.60. The number of hydrogen-bond acceptors (Lipinski definition) is 4. The standard InChI is InChI=1S/C22H21N3O2/c1-13-16-11-10-15-19(22(16,2)12-17(23-3)18(13)26)24-20(25-21(15)27-4)14-8-6-5-7-9-14/h5-9,12-13,16H,10-11H2,1-2,4H3/t13-,16-,22-/m0/s1. The van der Waals surface area contributed by atoms with Crippen molar-refractivity contribution in [3.63, 3.8) is 0 Å². The van der Waals surface area contributed by atoms with Gasteiger partial charge in [0.25, 0.3) is 0 Å². The number of methoxy groups -OCH3 is 1. The maximum atomic E-state index is 12.5. The first-order valence-corrected chi connectivity index (χ1v) is 9.15. The maximum absolute atomic E-state index is 12.5. The number of Topliss-reactive ketones (excluding diaryl/α,β-unsaturated/α-hetero) is 1. The fraction of sp³-hybridized carbons (Fsp3) is 0.364. The van der Waals surface area contributed by atoms with E-state index in [9.17, 15) is 4.79 Å². The van der Waals surface area contributed by atoms with Crippen LogP contribution in [-0.4, -0.2) is 22.9 Å². The SMILES string of the molecule is [C-]#[N+]C1=C[C@]2(C)c3nc(-c4ccccc4)nc(OC)c3CC[C@H]2[C@H](C)C1=O. The molecule has 0 bridgehead atoms. The number of nitrogens with zero attached hydrogens (tertiary/aromatic N) is 3.